The van der Waals surface area contributed by atoms with E-state index >= 15 is 0 Å². The number of hydrogen-bond acceptors (Lipinski definition) is 6. The smallest absolute Gasteiger partial charge is 0.458 e. The number of carboxylic acid groups (broad SMARTS) is 2. The maximum absolute atomic E-state index is 11.4. The molecule has 1 saturated carbocycles. The highest BCUT2D eigenvalue weighted by Crippen LogP contribution is 2.20. The van der Waals surface area contributed by atoms with Crippen LogP contribution in [-0.2, 0) is 4.74 Å². The second kappa shape index (κ2) is 12.6. The number of nitrogens with zero attached hydrogens (tertiary/aromatic N) is 4. The quantitative estimate of drug-likeness (QED) is 0.626. The van der Waals surface area contributed by atoms with E-state index in [9.17, 15) is 19.2 Å². The van der Waals surface area contributed by atoms with Gasteiger partial charge in [-0.15, -0.1) is 0 Å². The third kappa shape index (κ3) is 11.6. The lowest BCUT2D eigenvalue weighted by atomic mass is 9.98. The first-order chi connectivity index (χ1) is 13.8. The average Bonchev–Trinajstić information content (AvgIpc) is 2.66. The minimum Gasteiger partial charge on any atom is -0.462 e. The van der Waals surface area contributed by atoms with Crippen molar-refractivity contribution in [2.45, 2.75) is 45.1 Å². The fourth-order valence-electron chi connectivity index (χ4n) is 2.32. The highest BCUT2D eigenvalue weighted by molar-refractivity contribution is 5.74. The molecular weight excluding hydrogens is 388 g/mol. The Hall–Kier alpha value is -3.70. The lowest BCUT2D eigenvalue weighted by Crippen LogP contribution is -2.19. The number of rotatable bonds is 2. The fraction of sp³-hybridized carbons (Fsp3) is 0.412. The molecule has 1 aliphatic rings. The second-order valence-corrected chi connectivity index (χ2v) is 5.79. The number of carbonyl (C=O) groups excluding carboxylic acids is 2. The molecule has 4 amide bonds. The van der Waals surface area contributed by atoms with E-state index in [1.54, 1.807) is 18.2 Å². The Morgan fingerprint density at radius 1 is 0.897 bits per heavy atom. The molecule has 12 nitrogen and oxygen atoms in total. The molecule has 0 spiro atoms. The molecule has 0 aromatic heterocycles. The Bertz CT molecular complexity index is 771. The molecule has 0 heterocycles. The first kappa shape index (κ1) is 23.3. The molecule has 1 aromatic rings. The minimum absolute atomic E-state index is 0.113. The summed E-state index contributed by atoms with van der Waals surface area (Å²) in [7, 11) is 0. The highest BCUT2D eigenvalue weighted by atomic mass is 16.6. The lowest BCUT2D eigenvalue weighted by molar-refractivity contribution is 0.0817. The van der Waals surface area contributed by atoms with Crippen LogP contribution in [-0.4, -0.2) is 40.7 Å². The van der Waals surface area contributed by atoms with Crippen molar-refractivity contribution in [3.05, 3.63) is 29.8 Å². The summed E-state index contributed by atoms with van der Waals surface area (Å²) in [5, 5.41) is 26.2. The maximum Gasteiger partial charge on any atom is 0.458 e. The average molecular weight is 408 g/mol. The topological polar surface area (TPSA) is 177 Å². The molecule has 0 aliphatic heterocycles. The molecule has 1 aromatic carbocycles. The van der Waals surface area contributed by atoms with E-state index in [1.165, 1.54) is 6.42 Å². The van der Waals surface area contributed by atoms with Crippen molar-refractivity contribution in [3.8, 4) is 5.75 Å². The van der Waals surface area contributed by atoms with E-state index in [-0.39, 0.29) is 6.10 Å². The predicted octanol–water partition coefficient (Wildman–Crippen LogP) is 5.21. The number of amides is 4. The second-order valence-electron chi connectivity index (χ2n) is 5.79. The zero-order valence-electron chi connectivity index (χ0n) is 15.6. The van der Waals surface area contributed by atoms with Crippen LogP contribution in [0, 0.1) is 6.92 Å². The Balaban J connectivity index is 0.000000447. The largest absolute Gasteiger partial charge is 0.462 e. The molecule has 12 heteroatoms. The van der Waals surface area contributed by atoms with Gasteiger partial charge in [-0.25, -0.2) is 19.2 Å². The summed E-state index contributed by atoms with van der Waals surface area (Å²) in [6.45, 7) is 1.88. The van der Waals surface area contributed by atoms with Gasteiger partial charge in [-0.05, 0) is 50.3 Å². The Morgan fingerprint density at radius 3 is 2.03 bits per heavy atom. The molecule has 0 atom stereocenters. The molecule has 2 N–H and O–H groups in total. The number of azo groups is 2. The van der Waals surface area contributed by atoms with Gasteiger partial charge >= 0.3 is 24.4 Å². The van der Waals surface area contributed by atoms with Crippen molar-refractivity contribution in [2.24, 2.45) is 20.5 Å². The third-order valence-electron chi connectivity index (χ3n) is 3.45. The van der Waals surface area contributed by atoms with Crippen molar-refractivity contribution in [3.63, 3.8) is 0 Å². The SMILES string of the molecule is Cc1cccc(OC(=O)N=NC(=O)OC2CCCCC2)c1.O=C(O)N=NC(=O)O. The summed E-state index contributed by atoms with van der Waals surface area (Å²) in [5.74, 6) is 0.361. The Labute approximate surface area is 165 Å². The molecule has 0 bridgehead atoms. The van der Waals surface area contributed by atoms with Gasteiger partial charge < -0.3 is 19.7 Å². The van der Waals surface area contributed by atoms with Gasteiger partial charge in [0.25, 0.3) is 0 Å². The van der Waals surface area contributed by atoms with Gasteiger partial charge in [-0.2, -0.15) is 0 Å². The number of hydrogen-bond donors (Lipinski definition) is 2. The first-order valence-corrected chi connectivity index (χ1v) is 8.54. The van der Waals surface area contributed by atoms with E-state index in [4.69, 9.17) is 19.7 Å². The zero-order chi connectivity index (χ0) is 21.6. The number of benzene rings is 1. The molecule has 1 fully saturated rings. The predicted molar refractivity (Wildman–Crippen MR) is 96.3 cm³/mol. The third-order valence-corrected chi connectivity index (χ3v) is 3.45. The normalized spacial score (nSPS) is 14.1. The van der Waals surface area contributed by atoms with Crippen molar-refractivity contribution < 1.29 is 38.9 Å². The van der Waals surface area contributed by atoms with Gasteiger partial charge in [0.1, 0.15) is 11.9 Å². The van der Waals surface area contributed by atoms with Gasteiger partial charge in [0.05, 0.1) is 0 Å². The van der Waals surface area contributed by atoms with Gasteiger partial charge in [-0.1, -0.05) is 39.0 Å². The standard InChI is InChI=1S/C15H18N2O4.C2H2N2O4/c1-11-6-5-9-13(10-11)21-15(19)17-16-14(18)20-12-7-3-2-4-8-12;5-1(6)3-4-2(7)8/h5-6,9-10,12H,2-4,7-8H2,1H3;(H,5,6)(H,7,8). The van der Waals surface area contributed by atoms with Crippen molar-refractivity contribution in [1.29, 1.82) is 0 Å². The van der Waals surface area contributed by atoms with Gasteiger partial charge in [0, 0.05) is 0 Å². The minimum atomic E-state index is -1.62. The molecule has 156 valence electrons. The number of ether oxygens (including phenoxy) is 2. The summed E-state index contributed by atoms with van der Waals surface area (Å²) in [4.78, 5) is 41.6. The lowest BCUT2D eigenvalue weighted by Gasteiger charge is -2.20. The van der Waals surface area contributed by atoms with Crippen LogP contribution in [0.1, 0.15) is 37.7 Å². The van der Waals surface area contributed by atoms with Gasteiger partial charge in [-0.3, -0.25) is 0 Å². The van der Waals surface area contributed by atoms with Crippen LogP contribution in [0.3, 0.4) is 0 Å². The van der Waals surface area contributed by atoms with Crippen molar-refractivity contribution >= 4 is 24.4 Å². The zero-order valence-corrected chi connectivity index (χ0v) is 15.6. The first-order valence-electron chi connectivity index (χ1n) is 8.54. The van der Waals surface area contributed by atoms with E-state index in [2.05, 4.69) is 20.5 Å². The van der Waals surface area contributed by atoms with Crippen molar-refractivity contribution in [2.75, 3.05) is 0 Å². The molecule has 0 unspecified atom stereocenters. The molecule has 0 saturated heterocycles. The van der Waals surface area contributed by atoms with E-state index in [0.29, 0.717) is 5.75 Å². The van der Waals surface area contributed by atoms with Crippen LogP contribution < -0.4 is 4.74 Å². The summed E-state index contributed by atoms with van der Waals surface area (Å²) < 4.78 is 10.0. The van der Waals surface area contributed by atoms with Crippen LogP contribution >= 0.6 is 0 Å². The van der Waals surface area contributed by atoms with Crippen LogP contribution in [0.5, 0.6) is 5.75 Å². The van der Waals surface area contributed by atoms with E-state index < -0.39 is 24.4 Å². The van der Waals surface area contributed by atoms with Crippen molar-refractivity contribution in [1.82, 2.24) is 0 Å². The van der Waals surface area contributed by atoms with Gasteiger partial charge in [0.2, 0.25) is 0 Å². The van der Waals surface area contributed by atoms with E-state index in [1.807, 2.05) is 13.0 Å². The Kier molecular flexibility index (Phi) is 10.2. The molecule has 1 aliphatic carbocycles. The maximum atomic E-state index is 11.4. The summed E-state index contributed by atoms with van der Waals surface area (Å²) in [6, 6.07) is 6.95. The monoisotopic (exact) mass is 408 g/mol. The van der Waals surface area contributed by atoms with Crippen LogP contribution in [0.4, 0.5) is 19.2 Å². The number of carbonyl (C=O) groups is 4. The molecule has 0 radical (unpaired) electrons. The molecule has 2 rings (SSSR count). The highest BCUT2D eigenvalue weighted by Gasteiger charge is 2.17. The van der Waals surface area contributed by atoms with E-state index in [0.717, 1.165) is 31.2 Å². The number of aryl methyl sites for hydroxylation is 1. The fourth-order valence-corrected chi connectivity index (χ4v) is 2.32. The molecular formula is C17H20N4O8. The summed E-state index contributed by atoms with van der Waals surface area (Å²) in [5.41, 5.74) is 0.953. The summed E-state index contributed by atoms with van der Waals surface area (Å²) >= 11 is 0. The van der Waals surface area contributed by atoms with Crippen LogP contribution in [0.25, 0.3) is 0 Å². The Morgan fingerprint density at radius 2 is 1.48 bits per heavy atom. The summed E-state index contributed by atoms with van der Waals surface area (Å²) in [6.07, 6.45) is -0.195. The molecule has 29 heavy (non-hydrogen) atoms. The van der Waals surface area contributed by atoms with Crippen LogP contribution in [0.15, 0.2) is 44.7 Å². The van der Waals surface area contributed by atoms with Crippen LogP contribution in [0.2, 0.25) is 0 Å². The van der Waals surface area contributed by atoms with Gasteiger partial charge in [0.15, 0.2) is 0 Å².